The lowest BCUT2D eigenvalue weighted by Gasteiger charge is -2.23. The second-order valence-corrected chi connectivity index (χ2v) is 7.28. The van der Waals surface area contributed by atoms with Crippen LogP contribution in [-0.4, -0.2) is 103 Å². The quantitative estimate of drug-likeness (QED) is 0.0603. The fraction of sp³-hybridized carbons (Fsp3) is 0.722. The SMILES string of the molecule is CC(O)[C@@H](NC(=O)COCCOCCNC(=O)[C@H](NN[C@H](CC(N)=O)C(N)=O)C(C)O)C(N)=O. The Kier molecular flexibility index (Phi) is 15.3. The van der Waals surface area contributed by atoms with Gasteiger partial charge in [-0.05, 0) is 13.8 Å². The van der Waals surface area contributed by atoms with E-state index in [0.717, 1.165) is 0 Å². The van der Waals surface area contributed by atoms with Crippen molar-refractivity contribution in [3.8, 4) is 0 Å². The first-order chi connectivity index (χ1) is 15.9. The molecule has 12 N–H and O–H groups in total. The number of primary amides is 3. The molecule has 0 aromatic rings. The van der Waals surface area contributed by atoms with Gasteiger partial charge in [0, 0.05) is 6.54 Å². The molecule has 0 rings (SSSR count). The standard InChI is InChI=1S/C18H35N7O9/c1-9(26)14(17(21)31)23-13(29)8-34-6-5-33-4-3-22-18(32)15(10(2)27)25-24-11(16(20)30)7-12(19)28/h9-11,14-15,24-27H,3-8H2,1-2H3,(H2,19,28)(H2,20,30)(H2,21,31)(H,22,32)(H,23,29)/t9?,10?,11-,14-,15-/m1/s1. The van der Waals surface area contributed by atoms with Crippen LogP contribution in [0, 0.1) is 0 Å². The number of hydrogen-bond acceptors (Lipinski definition) is 11. The average molecular weight is 494 g/mol. The molecule has 5 amide bonds. The van der Waals surface area contributed by atoms with Gasteiger partial charge in [0.2, 0.25) is 29.5 Å². The number of hydrazine groups is 1. The lowest BCUT2D eigenvalue weighted by atomic mass is 10.1. The molecule has 0 heterocycles. The molecule has 16 nitrogen and oxygen atoms in total. The van der Waals surface area contributed by atoms with Crippen molar-refractivity contribution in [2.75, 3.05) is 33.0 Å². The number of carbonyl (C=O) groups excluding carboxylic acids is 5. The molecule has 0 radical (unpaired) electrons. The summed E-state index contributed by atoms with van der Waals surface area (Å²) in [4.78, 5) is 57.3. The molecule has 5 atom stereocenters. The zero-order chi connectivity index (χ0) is 26.3. The molecule has 0 saturated carbocycles. The van der Waals surface area contributed by atoms with Crippen LogP contribution in [0.25, 0.3) is 0 Å². The van der Waals surface area contributed by atoms with E-state index in [4.69, 9.17) is 26.7 Å². The summed E-state index contributed by atoms with van der Waals surface area (Å²) in [5.41, 5.74) is 20.1. The molecule has 0 aliphatic heterocycles. The number of hydrogen-bond donors (Lipinski definition) is 9. The van der Waals surface area contributed by atoms with E-state index in [0.29, 0.717) is 0 Å². The van der Waals surface area contributed by atoms with E-state index in [9.17, 15) is 34.2 Å². The van der Waals surface area contributed by atoms with E-state index in [-0.39, 0.29) is 33.0 Å². The van der Waals surface area contributed by atoms with E-state index >= 15 is 0 Å². The van der Waals surface area contributed by atoms with Gasteiger partial charge in [0.05, 0.1) is 38.4 Å². The second kappa shape index (κ2) is 16.7. The minimum absolute atomic E-state index is 0.0351. The minimum Gasteiger partial charge on any atom is -0.391 e. The number of nitrogens with one attached hydrogen (secondary N) is 4. The van der Waals surface area contributed by atoms with E-state index in [1.165, 1.54) is 13.8 Å². The molecule has 196 valence electrons. The van der Waals surface area contributed by atoms with E-state index in [1.54, 1.807) is 0 Å². The van der Waals surface area contributed by atoms with Crippen LogP contribution in [0.4, 0.5) is 0 Å². The Bertz CT molecular complexity index is 691. The van der Waals surface area contributed by atoms with Gasteiger partial charge in [-0.1, -0.05) is 0 Å². The second-order valence-electron chi connectivity index (χ2n) is 7.28. The summed E-state index contributed by atoms with van der Waals surface area (Å²) in [6, 6.07) is -3.58. The van der Waals surface area contributed by atoms with Crippen LogP contribution < -0.4 is 38.7 Å². The van der Waals surface area contributed by atoms with Crippen molar-refractivity contribution in [2.45, 2.75) is 50.6 Å². The molecular formula is C18H35N7O9. The van der Waals surface area contributed by atoms with Gasteiger partial charge in [0.25, 0.3) is 0 Å². The number of amides is 5. The molecule has 16 heteroatoms. The molecule has 0 spiro atoms. The summed E-state index contributed by atoms with van der Waals surface area (Å²) in [7, 11) is 0. The van der Waals surface area contributed by atoms with Crippen molar-refractivity contribution in [1.29, 1.82) is 0 Å². The highest BCUT2D eigenvalue weighted by molar-refractivity contribution is 5.88. The lowest BCUT2D eigenvalue weighted by molar-refractivity contribution is -0.132. The first kappa shape index (κ1) is 31.1. The summed E-state index contributed by atoms with van der Waals surface area (Å²) in [5, 5.41) is 23.9. The van der Waals surface area contributed by atoms with Crippen molar-refractivity contribution in [3.05, 3.63) is 0 Å². The van der Waals surface area contributed by atoms with Crippen LogP contribution in [0.15, 0.2) is 0 Å². The number of aliphatic hydroxyl groups excluding tert-OH is 2. The van der Waals surface area contributed by atoms with Gasteiger partial charge in [-0.15, -0.1) is 0 Å². The zero-order valence-electron chi connectivity index (χ0n) is 19.1. The van der Waals surface area contributed by atoms with Crippen molar-refractivity contribution >= 4 is 29.5 Å². The zero-order valence-corrected chi connectivity index (χ0v) is 19.1. The minimum atomic E-state index is -1.23. The van der Waals surface area contributed by atoms with Crippen LogP contribution in [-0.2, 0) is 33.4 Å². The van der Waals surface area contributed by atoms with E-state index in [2.05, 4.69) is 21.5 Å². The number of carbonyl (C=O) groups is 5. The van der Waals surface area contributed by atoms with Crippen LogP contribution >= 0.6 is 0 Å². The van der Waals surface area contributed by atoms with E-state index < -0.39 is 66.3 Å². The summed E-state index contributed by atoms with van der Waals surface area (Å²) < 4.78 is 10.3. The highest BCUT2D eigenvalue weighted by Gasteiger charge is 2.26. The fourth-order valence-corrected chi connectivity index (χ4v) is 2.41. The number of rotatable bonds is 19. The highest BCUT2D eigenvalue weighted by atomic mass is 16.5. The van der Waals surface area contributed by atoms with Gasteiger partial charge in [-0.25, -0.2) is 10.9 Å². The van der Waals surface area contributed by atoms with Crippen LogP contribution in [0.2, 0.25) is 0 Å². The molecule has 0 bridgehead atoms. The molecule has 0 saturated heterocycles. The maximum atomic E-state index is 12.2. The molecule has 0 aromatic heterocycles. The Morgan fingerprint density at radius 3 is 1.91 bits per heavy atom. The highest BCUT2D eigenvalue weighted by Crippen LogP contribution is 1.95. The smallest absolute Gasteiger partial charge is 0.246 e. The summed E-state index contributed by atoms with van der Waals surface area (Å²) in [6.07, 6.45) is -2.72. The number of nitrogens with two attached hydrogens (primary N) is 3. The van der Waals surface area contributed by atoms with Gasteiger partial charge in [0.1, 0.15) is 24.7 Å². The van der Waals surface area contributed by atoms with Crippen molar-refractivity contribution < 1.29 is 43.7 Å². The third kappa shape index (κ3) is 13.6. The Hall–Kier alpha value is -2.89. The number of ether oxygens (including phenoxy) is 2. The van der Waals surface area contributed by atoms with E-state index in [1.807, 2.05) is 0 Å². The van der Waals surface area contributed by atoms with Crippen molar-refractivity contribution in [2.24, 2.45) is 17.2 Å². The first-order valence-electron chi connectivity index (χ1n) is 10.3. The van der Waals surface area contributed by atoms with Crippen LogP contribution in [0.3, 0.4) is 0 Å². The summed E-state index contributed by atoms with van der Waals surface area (Å²) in [6.45, 7) is 2.54. The molecule has 0 aliphatic carbocycles. The van der Waals surface area contributed by atoms with Crippen LogP contribution in [0.5, 0.6) is 0 Å². The topological polar surface area (TPSA) is 270 Å². The third-order valence-corrected chi connectivity index (χ3v) is 4.18. The van der Waals surface area contributed by atoms with Gasteiger partial charge in [-0.3, -0.25) is 24.0 Å². The maximum Gasteiger partial charge on any atom is 0.246 e. The monoisotopic (exact) mass is 493 g/mol. The molecule has 2 unspecified atom stereocenters. The van der Waals surface area contributed by atoms with Gasteiger partial charge >= 0.3 is 0 Å². The predicted octanol–water partition coefficient (Wildman–Crippen LogP) is -5.94. The molecule has 0 fully saturated rings. The Balaban J connectivity index is 4.16. The molecular weight excluding hydrogens is 458 g/mol. The lowest BCUT2D eigenvalue weighted by Crippen LogP contribution is -2.60. The molecule has 34 heavy (non-hydrogen) atoms. The normalized spacial score (nSPS) is 15.4. The van der Waals surface area contributed by atoms with Gasteiger partial charge in [0.15, 0.2) is 0 Å². The first-order valence-corrected chi connectivity index (χ1v) is 10.3. The fourth-order valence-electron chi connectivity index (χ4n) is 2.41. The number of aliphatic hydroxyl groups is 2. The largest absolute Gasteiger partial charge is 0.391 e. The average Bonchev–Trinajstić information content (AvgIpc) is 2.71. The van der Waals surface area contributed by atoms with Crippen LogP contribution in [0.1, 0.15) is 20.3 Å². The molecule has 0 aliphatic rings. The van der Waals surface area contributed by atoms with Gasteiger partial charge in [-0.2, -0.15) is 0 Å². The summed E-state index contributed by atoms with van der Waals surface area (Å²) >= 11 is 0. The maximum absolute atomic E-state index is 12.2. The predicted molar refractivity (Wildman–Crippen MR) is 116 cm³/mol. The summed E-state index contributed by atoms with van der Waals surface area (Å²) in [5.74, 6) is -3.80. The Morgan fingerprint density at radius 2 is 1.41 bits per heavy atom. The van der Waals surface area contributed by atoms with Crippen molar-refractivity contribution in [3.63, 3.8) is 0 Å². The van der Waals surface area contributed by atoms with Gasteiger partial charge < -0.3 is 47.5 Å². The third-order valence-electron chi connectivity index (χ3n) is 4.18. The Morgan fingerprint density at radius 1 is 0.824 bits per heavy atom. The molecule has 0 aromatic carbocycles. The van der Waals surface area contributed by atoms with Crippen molar-refractivity contribution in [1.82, 2.24) is 21.5 Å². The Labute approximate surface area is 196 Å².